The smallest absolute Gasteiger partial charge is 0.406 e. The van der Waals surface area contributed by atoms with Gasteiger partial charge in [-0.15, -0.1) is 0 Å². The van der Waals surface area contributed by atoms with Crippen LogP contribution in [-0.4, -0.2) is 82.4 Å². The molecular formula is C33H41F3N4O4S. The average Bonchev–Trinajstić information content (AvgIpc) is 3.35. The number of fused-ring (bicyclic) bond motifs is 1. The van der Waals surface area contributed by atoms with Crippen LogP contribution >= 0.6 is 0 Å². The maximum atomic E-state index is 13.7. The number of halogens is 3. The fourth-order valence-electron chi connectivity index (χ4n) is 6.47. The van der Waals surface area contributed by atoms with Gasteiger partial charge in [0.1, 0.15) is 12.3 Å². The van der Waals surface area contributed by atoms with Crippen molar-refractivity contribution in [1.29, 1.82) is 0 Å². The second-order valence-electron chi connectivity index (χ2n) is 11.9. The summed E-state index contributed by atoms with van der Waals surface area (Å²) in [6.45, 7) is 1.09. The summed E-state index contributed by atoms with van der Waals surface area (Å²) >= 11 is 0. The molecule has 2 aromatic carbocycles. The van der Waals surface area contributed by atoms with Gasteiger partial charge in [0.25, 0.3) is 0 Å². The summed E-state index contributed by atoms with van der Waals surface area (Å²) in [6, 6.07) is 12.4. The van der Waals surface area contributed by atoms with E-state index < -0.39 is 22.6 Å². The molecule has 1 aliphatic carbocycles. The van der Waals surface area contributed by atoms with E-state index >= 15 is 0 Å². The highest BCUT2D eigenvalue weighted by molar-refractivity contribution is 7.90. The minimum Gasteiger partial charge on any atom is -0.495 e. The fourth-order valence-corrected chi connectivity index (χ4v) is 7.10. The van der Waals surface area contributed by atoms with Gasteiger partial charge in [-0.05, 0) is 74.8 Å². The lowest BCUT2D eigenvalue weighted by Gasteiger charge is -2.40. The van der Waals surface area contributed by atoms with Crippen LogP contribution in [0.4, 0.5) is 24.5 Å². The molecule has 12 heteroatoms. The Balaban J connectivity index is 1.30. The highest BCUT2D eigenvalue weighted by Gasteiger charge is 2.31. The molecule has 0 spiro atoms. The molecule has 0 radical (unpaired) electrons. The number of hydrogen-bond acceptors (Lipinski definition) is 7. The van der Waals surface area contributed by atoms with Crippen molar-refractivity contribution in [2.75, 3.05) is 50.7 Å². The van der Waals surface area contributed by atoms with Gasteiger partial charge in [-0.2, -0.15) is 13.2 Å². The number of nitrogens with zero attached hydrogens (tertiary/aromatic N) is 2. The van der Waals surface area contributed by atoms with Crippen molar-refractivity contribution in [3.05, 3.63) is 48.2 Å². The molecule has 2 aliphatic rings. The zero-order valence-electron chi connectivity index (χ0n) is 25.9. The minimum absolute atomic E-state index is 0.111. The predicted molar refractivity (Wildman–Crippen MR) is 171 cm³/mol. The van der Waals surface area contributed by atoms with Crippen molar-refractivity contribution in [3.63, 3.8) is 0 Å². The summed E-state index contributed by atoms with van der Waals surface area (Å²) in [5, 5.41) is 7.41. The number of methoxy groups -OCH3 is 2. The van der Waals surface area contributed by atoms with Crippen LogP contribution in [0.1, 0.15) is 44.2 Å². The van der Waals surface area contributed by atoms with Crippen LogP contribution in [0.5, 0.6) is 5.75 Å². The van der Waals surface area contributed by atoms with Gasteiger partial charge in [0.05, 0.1) is 41.6 Å². The van der Waals surface area contributed by atoms with Crippen LogP contribution in [-0.2, 0) is 21.1 Å². The van der Waals surface area contributed by atoms with Crippen molar-refractivity contribution in [2.45, 2.75) is 74.3 Å². The number of hydrogen-bond donors (Lipinski definition) is 2. The number of aromatic nitrogens is 1. The number of ether oxygens (including phenoxy) is 2. The molecule has 0 amide bonds. The summed E-state index contributed by atoms with van der Waals surface area (Å²) in [5.41, 5.74) is 2.08. The van der Waals surface area contributed by atoms with Crippen LogP contribution in [0, 0.1) is 11.8 Å². The highest BCUT2D eigenvalue weighted by Crippen LogP contribution is 2.33. The molecule has 2 fully saturated rings. The number of sulfone groups is 1. The van der Waals surface area contributed by atoms with Gasteiger partial charge in [-0.3, -0.25) is 0 Å². The lowest BCUT2D eigenvalue weighted by molar-refractivity contribution is -0.140. The average molecular weight is 647 g/mol. The first-order chi connectivity index (χ1) is 21.4. The molecule has 5 rings (SSSR count). The van der Waals surface area contributed by atoms with E-state index in [0.717, 1.165) is 63.6 Å². The van der Waals surface area contributed by atoms with E-state index in [4.69, 9.17) is 9.47 Å². The fraction of sp³-hybridized carbons (Fsp3) is 0.515. The Kier molecular flexibility index (Phi) is 10.2. The Morgan fingerprint density at radius 1 is 0.978 bits per heavy atom. The Hall–Kier alpha value is -3.40. The number of likely N-dealkylation sites (tertiary alicyclic amines) is 1. The largest absolute Gasteiger partial charge is 0.495 e. The molecular weight excluding hydrogens is 605 g/mol. The van der Waals surface area contributed by atoms with Crippen molar-refractivity contribution >= 4 is 32.1 Å². The molecule has 0 bridgehead atoms. The van der Waals surface area contributed by atoms with Crippen LogP contribution in [0.2, 0.25) is 0 Å². The van der Waals surface area contributed by atoms with Crippen molar-refractivity contribution in [1.82, 2.24) is 9.47 Å². The molecule has 0 unspecified atom stereocenters. The highest BCUT2D eigenvalue weighted by atomic mass is 32.2. The molecule has 244 valence electrons. The molecule has 45 heavy (non-hydrogen) atoms. The number of alkyl halides is 3. The maximum Gasteiger partial charge on any atom is 0.406 e. The lowest BCUT2D eigenvalue weighted by Crippen LogP contribution is -2.45. The molecule has 2 N–H and O–H groups in total. The predicted octanol–water partition coefficient (Wildman–Crippen LogP) is 5.91. The Bertz CT molecular complexity index is 1650. The first-order valence-corrected chi connectivity index (χ1v) is 17.2. The van der Waals surface area contributed by atoms with Crippen LogP contribution in [0.25, 0.3) is 10.9 Å². The summed E-state index contributed by atoms with van der Waals surface area (Å²) < 4.78 is 76.8. The van der Waals surface area contributed by atoms with Crippen molar-refractivity contribution in [3.8, 4) is 17.6 Å². The van der Waals surface area contributed by atoms with E-state index in [9.17, 15) is 21.6 Å². The number of benzene rings is 2. The summed E-state index contributed by atoms with van der Waals surface area (Å²) in [7, 11) is -0.199. The second kappa shape index (κ2) is 13.9. The standard InChI is InChI=1S/C33H41F3N4O4S/c1-43-26-15-18-39(19-16-26)24-11-9-23(10-12-24)38-29-7-4-8-31-28(29)20-25(40(31)22-33(34,35)36)6-5-17-37-30-14-13-27(45(3,41)42)21-32(30)44-2/h4,7-8,13-14,20-21,23-24,26,37-38H,9-12,15-19,22H2,1-3H3/t23-,24-. The summed E-state index contributed by atoms with van der Waals surface area (Å²) in [6.07, 6.45) is 3.37. The normalized spacial score (nSPS) is 20.0. The number of rotatable bonds is 9. The first-order valence-electron chi connectivity index (χ1n) is 15.3. The third kappa shape index (κ3) is 8.26. The molecule has 1 saturated heterocycles. The maximum absolute atomic E-state index is 13.7. The molecule has 8 nitrogen and oxygen atoms in total. The Labute approximate surface area is 263 Å². The molecule has 1 aromatic heterocycles. The van der Waals surface area contributed by atoms with Crippen molar-refractivity contribution in [2.24, 2.45) is 0 Å². The molecule has 2 heterocycles. The third-order valence-corrected chi connectivity index (χ3v) is 9.96. The van der Waals surface area contributed by atoms with E-state index in [1.807, 2.05) is 6.07 Å². The zero-order valence-corrected chi connectivity index (χ0v) is 26.7. The van der Waals surface area contributed by atoms with Crippen LogP contribution < -0.4 is 15.4 Å². The molecule has 1 saturated carbocycles. The van der Waals surface area contributed by atoms with E-state index in [2.05, 4.69) is 27.4 Å². The summed E-state index contributed by atoms with van der Waals surface area (Å²) in [4.78, 5) is 2.71. The van der Waals surface area contributed by atoms with Crippen LogP contribution in [0.3, 0.4) is 0 Å². The van der Waals surface area contributed by atoms with Gasteiger partial charge < -0.3 is 29.6 Å². The minimum atomic E-state index is -4.42. The van der Waals surface area contributed by atoms with Gasteiger partial charge in [-0.1, -0.05) is 12.0 Å². The Morgan fingerprint density at radius 2 is 1.71 bits per heavy atom. The van der Waals surface area contributed by atoms with Gasteiger partial charge >= 0.3 is 6.18 Å². The monoisotopic (exact) mass is 646 g/mol. The van der Waals surface area contributed by atoms with Crippen molar-refractivity contribution < 1.29 is 31.1 Å². The molecule has 3 aromatic rings. The van der Waals surface area contributed by atoms with E-state index in [1.54, 1.807) is 31.4 Å². The van der Waals surface area contributed by atoms with Gasteiger partial charge in [0.2, 0.25) is 0 Å². The van der Waals surface area contributed by atoms with Gasteiger partial charge in [-0.25, -0.2) is 8.42 Å². The number of nitrogens with one attached hydrogen (secondary N) is 2. The SMILES string of the molecule is COc1cc(S(C)(=O)=O)ccc1NCC#Cc1cc2c(N[C@H]3CC[C@H](N4CCC(OC)CC4)CC3)cccc2n1CC(F)(F)F. The second-order valence-corrected chi connectivity index (χ2v) is 13.9. The summed E-state index contributed by atoms with van der Waals surface area (Å²) in [5.74, 6) is 6.17. The zero-order chi connectivity index (χ0) is 32.2. The lowest BCUT2D eigenvalue weighted by atomic mass is 9.88. The van der Waals surface area contributed by atoms with Gasteiger partial charge in [0, 0.05) is 55.7 Å². The van der Waals surface area contributed by atoms with E-state index in [1.165, 1.54) is 23.8 Å². The third-order valence-electron chi connectivity index (χ3n) is 8.85. The number of anilines is 2. The van der Waals surface area contributed by atoms with E-state index in [-0.39, 0.29) is 23.2 Å². The first kappa shape index (κ1) is 33.0. The van der Waals surface area contributed by atoms with E-state index in [0.29, 0.717) is 34.5 Å². The van der Waals surface area contributed by atoms with Gasteiger partial charge in [0.15, 0.2) is 9.84 Å². The quantitative estimate of drug-likeness (QED) is 0.280. The topological polar surface area (TPSA) is 84.8 Å². The molecule has 1 aliphatic heterocycles. The molecule has 0 atom stereocenters. The Morgan fingerprint density at radius 3 is 2.36 bits per heavy atom. The number of piperidine rings is 1. The van der Waals surface area contributed by atoms with Crippen LogP contribution in [0.15, 0.2) is 47.4 Å².